The highest BCUT2D eigenvalue weighted by Crippen LogP contribution is 2.23. The van der Waals surface area contributed by atoms with Gasteiger partial charge in [-0.3, -0.25) is 9.59 Å². The highest BCUT2D eigenvalue weighted by atomic mass is 16.5. The number of hydrogen-bond donors (Lipinski definition) is 2. The summed E-state index contributed by atoms with van der Waals surface area (Å²) in [5.41, 5.74) is 3.26. The molecule has 2 heterocycles. The average molecular weight is 339 g/mol. The van der Waals surface area contributed by atoms with Crippen LogP contribution in [0.3, 0.4) is 0 Å². The van der Waals surface area contributed by atoms with E-state index in [1.165, 1.54) is 0 Å². The first-order chi connectivity index (χ1) is 12.0. The molecule has 1 aliphatic rings. The van der Waals surface area contributed by atoms with Crippen molar-refractivity contribution in [3.05, 3.63) is 53.2 Å². The van der Waals surface area contributed by atoms with Crippen LogP contribution in [0.2, 0.25) is 0 Å². The van der Waals surface area contributed by atoms with Crippen LogP contribution in [-0.4, -0.2) is 22.9 Å². The van der Waals surface area contributed by atoms with Crippen molar-refractivity contribution in [2.75, 3.05) is 5.32 Å². The first-order valence-electron chi connectivity index (χ1n) is 8.34. The summed E-state index contributed by atoms with van der Waals surface area (Å²) in [4.78, 5) is 27.9. The topological polar surface area (TPSA) is 80.3 Å². The van der Waals surface area contributed by atoms with Crippen LogP contribution < -0.4 is 15.4 Å². The molecule has 25 heavy (non-hydrogen) atoms. The molecule has 1 aliphatic heterocycles. The van der Waals surface area contributed by atoms with Gasteiger partial charge < -0.3 is 15.4 Å². The summed E-state index contributed by atoms with van der Waals surface area (Å²) >= 11 is 0. The van der Waals surface area contributed by atoms with Crippen LogP contribution >= 0.6 is 0 Å². The van der Waals surface area contributed by atoms with E-state index >= 15 is 0 Å². The molecule has 0 radical (unpaired) electrons. The Morgan fingerprint density at radius 3 is 2.84 bits per heavy atom. The van der Waals surface area contributed by atoms with Gasteiger partial charge in [-0.15, -0.1) is 0 Å². The van der Waals surface area contributed by atoms with Crippen LogP contribution in [0.4, 0.5) is 5.69 Å². The van der Waals surface area contributed by atoms with E-state index in [9.17, 15) is 9.59 Å². The molecule has 0 fully saturated rings. The number of nitrogens with zero attached hydrogens (tertiary/aromatic N) is 1. The quantitative estimate of drug-likeness (QED) is 0.878. The van der Waals surface area contributed by atoms with Crippen molar-refractivity contribution in [1.29, 1.82) is 0 Å². The fourth-order valence-corrected chi connectivity index (χ4v) is 2.64. The molecule has 3 rings (SSSR count). The third-order valence-corrected chi connectivity index (χ3v) is 3.87. The Morgan fingerprint density at radius 2 is 2.12 bits per heavy atom. The zero-order valence-corrected chi connectivity index (χ0v) is 14.3. The minimum absolute atomic E-state index is 0.0158. The molecule has 6 heteroatoms. The molecule has 0 aliphatic carbocycles. The van der Waals surface area contributed by atoms with Gasteiger partial charge in [0.05, 0.1) is 6.10 Å². The lowest BCUT2D eigenvalue weighted by atomic mass is 10.00. The Morgan fingerprint density at radius 1 is 1.28 bits per heavy atom. The Labute approximate surface area is 146 Å². The molecular weight excluding hydrogens is 318 g/mol. The summed E-state index contributed by atoms with van der Waals surface area (Å²) in [6.07, 6.45) is 2.88. The number of aryl methyl sites for hydroxylation is 1. The molecule has 1 aromatic carbocycles. The summed E-state index contributed by atoms with van der Waals surface area (Å²) in [7, 11) is 0. The van der Waals surface area contributed by atoms with Crippen molar-refractivity contribution in [3.8, 4) is 5.88 Å². The summed E-state index contributed by atoms with van der Waals surface area (Å²) < 4.78 is 5.50. The number of aromatic nitrogens is 1. The van der Waals surface area contributed by atoms with Crippen molar-refractivity contribution in [3.63, 3.8) is 0 Å². The van der Waals surface area contributed by atoms with Gasteiger partial charge in [-0.1, -0.05) is 6.07 Å². The molecule has 130 valence electrons. The van der Waals surface area contributed by atoms with Gasteiger partial charge in [0.15, 0.2) is 0 Å². The number of anilines is 1. The molecule has 1 aromatic heterocycles. The van der Waals surface area contributed by atoms with Crippen molar-refractivity contribution in [2.24, 2.45) is 0 Å². The van der Waals surface area contributed by atoms with Crippen molar-refractivity contribution in [1.82, 2.24) is 10.3 Å². The van der Waals surface area contributed by atoms with E-state index < -0.39 is 0 Å². The number of rotatable bonds is 5. The van der Waals surface area contributed by atoms with Crippen LogP contribution in [0.1, 0.15) is 41.8 Å². The summed E-state index contributed by atoms with van der Waals surface area (Å²) in [6, 6.07) is 9.01. The van der Waals surface area contributed by atoms with Gasteiger partial charge in [0, 0.05) is 36.5 Å². The van der Waals surface area contributed by atoms with Gasteiger partial charge in [0.1, 0.15) is 0 Å². The Balaban J connectivity index is 1.60. The maximum atomic E-state index is 12.3. The normalized spacial score (nSPS) is 13.2. The highest BCUT2D eigenvalue weighted by Gasteiger charge is 2.16. The fourth-order valence-electron chi connectivity index (χ4n) is 2.64. The molecule has 2 aromatic rings. The lowest BCUT2D eigenvalue weighted by Crippen LogP contribution is -2.24. The standard InChI is InChI=1S/C19H21N3O3/c1-12(2)25-18-8-3-13(10-20-18)11-21-19(24)15-4-6-16-14(9-15)5-7-17(23)22-16/h3-4,6,8-10,12H,5,7,11H2,1-2H3,(H,21,24)(H,22,23). The predicted octanol–water partition coefficient (Wildman–Crippen LogP) is 2.68. The minimum Gasteiger partial charge on any atom is -0.475 e. The van der Waals surface area contributed by atoms with E-state index in [1.807, 2.05) is 26.0 Å². The van der Waals surface area contributed by atoms with E-state index in [4.69, 9.17) is 4.74 Å². The molecular formula is C19H21N3O3. The van der Waals surface area contributed by atoms with Crippen LogP contribution in [0, 0.1) is 0 Å². The third-order valence-electron chi connectivity index (χ3n) is 3.87. The number of nitrogens with one attached hydrogen (secondary N) is 2. The van der Waals surface area contributed by atoms with Crippen LogP contribution in [0.15, 0.2) is 36.5 Å². The third kappa shape index (κ3) is 4.35. The highest BCUT2D eigenvalue weighted by molar-refractivity contribution is 5.97. The Kier molecular flexibility index (Phi) is 4.97. The van der Waals surface area contributed by atoms with Gasteiger partial charge in [-0.25, -0.2) is 4.98 Å². The fraction of sp³-hybridized carbons (Fsp3) is 0.316. The largest absolute Gasteiger partial charge is 0.475 e. The number of ether oxygens (including phenoxy) is 1. The number of pyridine rings is 1. The minimum atomic E-state index is -0.151. The molecule has 2 N–H and O–H groups in total. The molecule has 0 bridgehead atoms. The SMILES string of the molecule is CC(C)Oc1ccc(CNC(=O)c2ccc3c(c2)CCC(=O)N3)cn1. The first-order valence-corrected chi connectivity index (χ1v) is 8.34. The Bertz CT molecular complexity index is 785. The molecule has 6 nitrogen and oxygen atoms in total. The lowest BCUT2D eigenvalue weighted by Gasteiger charge is -2.17. The van der Waals surface area contributed by atoms with Crippen molar-refractivity contribution >= 4 is 17.5 Å². The number of fused-ring (bicyclic) bond motifs is 1. The number of hydrogen-bond acceptors (Lipinski definition) is 4. The van der Waals surface area contributed by atoms with Gasteiger partial charge in [0.25, 0.3) is 5.91 Å². The number of carbonyl (C=O) groups is 2. The Hall–Kier alpha value is -2.89. The molecule has 2 amide bonds. The maximum absolute atomic E-state index is 12.3. The monoisotopic (exact) mass is 339 g/mol. The van der Waals surface area contributed by atoms with Crippen LogP contribution in [0.5, 0.6) is 5.88 Å². The van der Waals surface area contributed by atoms with E-state index in [0.29, 0.717) is 30.8 Å². The number of benzene rings is 1. The molecule has 0 unspecified atom stereocenters. The van der Waals surface area contributed by atoms with E-state index in [1.54, 1.807) is 24.4 Å². The number of carbonyl (C=O) groups excluding carboxylic acids is 2. The van der Waals surface area contributed by atoms with Crippen molar-refractivity contribution in [2.45, 2.75) is 39.3 Å². The zero-order chi connectivity index (χ0) is 17.8. The van der Waals surface area contributed by atoms with Gasteiger partial charge in [-0.05, 0) is 49.6 Å². The van der Waals surface area contributed by atoms with Gasteiger partial charge in [-0.2, -0.15) is 0 Å². The summed E-state index contributed by atoms with van der Waals surface area (Å²) in [5, 5.41) is 5.70. The smallest absolute Gasteiger partial charge is 0.251 e. The molecule has 0 saturated heterocycles. The summed E-state index contributed by atoms with van der Waals surface area (Å²) in [6.45, 7) is 4.28. The second-order valence-electron chi connectivity index (χ2n) is 6.27. The van der Waals surface area contributed by atoms with Gasteiger partial charge >= 0.3 is 0 Å². The second-order valence-corrected chi connectivity index (χ2v) is 6.27. The number of amides is 2. The van der Waals surface area contributed by atoms with Crippen LogP contribution in [0.25, 0.3) is 0 Å². The zero-order valence-electron chi connectivity index (χ0n) is 14.3. The second kappa shape index (κ2) is 7.34. The average Bonchev–Trinajstić information content (AvgIpc) is 2.60. The van der Waals surface area contributed by atoms with Crippen LogP contribution in [-0.2, 0) is 17.8 Å². The lowest BCUT2D eigenvalue weighted by molar-refractivity contribution is -0.116. The van der Waals surface area contributed by atoms with E-state index in [2.05, 4.69) is 15.6 Å². The molecule has 0 atom stereocenters. The predicted molar refractivity (Wildman–Crippen MR) is 94.6 cm³/mol. The van der Waals surface area contributed by atoms with E-state index in [0.717, 1.165) is 16.8 Å². The molecule has 0 spiro atoms. The van der Waals surface area contributed by atoms with E-state index in [-0.39, 0.29) is 17.9 Å². The first kappa shape index (κ1) is 17.0. The van der Waals surface area contributed by atoms with Gasteiger partial charge in [0.2, 0.25) is 11.8 Å². The molecule has 0 saturated carbocycles. The summed E-state index contributed by atoms with van der Waals surface area (Å²) in [5.74, 6) is 0.436. The van der Waals surface area contributed by atoms with Crippen molar-refractivity contribution < 1.29 is 14.3 Å². The maximum Gasteiger partial charge on any atom is 0.251 e.